The highest BCUT2D eigenvalue weighted by atomic mass is 16.3. The highest BCUT2D eigenvalue weighted by molar-refractivity contribution is 5.99. The van der Waals surface area contributed by atoms with Crippen molar-refractivity contribution in [1.29, 1.82) is 0 Å². The Labute approximate surface area is 553 Å². The van der Waals surface area contributed by atoms with Crippen molar-refractivity contribution in [2.75, 3.05) is 0 Å². The van der Waals surface area contributed by atoms with E-state index in [1.807, 2.05) is 254 Å². The lowest BCUT2D eigenvalue weighted by Crippen LogP contribution is -2.03. The minimum absolute atomic E-state index is 0.0610. The predicted molar refractivity (Wildman–Crippen MR) is 399 cm³/mol. The first-order valence-electron chi connectivity index (χ1n) is 32.6. The molecule has 4 aromatic heterocycles. The number of rotatable bonds is 7. The van der Waals surface area contributed by atoms with E-state index < -0.39 is 0 Å². The summed E-state index contributed by atoms with van der Waals surface area (Å²) in [4.78, 5) is 54.6. The molecule has 0 amide bonds. The summed E-state index contributed by atoms with van der Waals surface area (Å²) in [5.74, 6) is 0. The summed E-state index contributed by atoms with van der Waals surface area (Å²) in [6.45, 7) is 12.0. The summed E-state index contributed by atoms with van der Waals surface area (Å²) in [7, 11) is 0. The molecule has 0 radical (unpaired) electrons. The highest BCUT2D eigenvalue weighted by Gasteiger charge is 2.17. The topological polar surface area (TPSA) is 121 Å². The van der Waals surface area contributed by atoms with E-state index in [1.54, 1.807) is 18.2 Å². The fourth-order valence-corrected chi connectivity index (χ4v) is 12.3. The largest absolute Gasteiger partial charge is 0.456 e. The zero-order valence-electron chi connectivity index (χ0n) is 54.0. The average molecular weight is 1250 g/mol. The molecule has 4 heterocycles. The van der Waals surface area contributed by atoms with Gasteiger partial charge in [-0.15, -0.1) is 0 Å². The molecule has 466 valence electrons. The Morgan fingerprint density at radius 2 is 0.365 bits per heavy atom. The van der Waals surface area contributed by atoms with E-state index in [4.69, 9.17) is 17.7 Å². The van der Waals surface area contributed by atoms with Gasteiger partial charge in [-0.05, 0) is 187 Å². The lowest BCUT2D eigenvalue weighted by molar-refractivity contribution is 0.659. The monoisotopic (exact) mass is 1250 g/mol. The Bertz CT molecular complexity index is 6000. The van der Waals surface area contributed by atoms with Crippen LogP contribution in [0.25, 0.3) is 166 Å². The van der Waals surface area contributed by atoms with Crippen LogP contribution in [0.15, 0.2) is 328 Å². The fourth-order valence-electron chi connectivity index (χ4n) is 12.3. The van der Waals surface area contributed by atoms with Gasteiger partial charge in [-0.2, -0.15) is 0 Å². The number of hydrogen-bond donors (Lipinski definition) is 0. The first kappa shape index (κ1) is 62.5. The fraction of sp³-hybridized carbons (Fsp3) is 0.0682. The first-order chi connectivity index (χ1) is 47.2. The molecule has 0 unspecified atom stereocenters. The number of benzene rings is 13. The van der Waals surface area contributed by atoms with Crippen LogP contribution in [-0.4, -0.2) is 0 Å². The van der Waals surface area contributed by atoms with Crippen LogP contribution < -0.4 is 21.7 Å². The SMILES string of the molecule is CC.CC.CC.O=c1c2cc(-c3ccccc3)ccc2oc2ccc(-c3ccc4oc5ccc(-c6cccc(-c7ccccc7)c6)cc5c(=O)c4c3)cc12.O=c1c2ccccc2oc2cc(-c3ccc4oc5ccc(-c6cccc(-c7ccccc7)c6)cc5c(=O)c4c3)ccc12. The van der Waals surface area contributed by atoms with Crippen LogP contribution in [0.1, 0.15) is 41.5 Å². The van der Waals surface area contributed by atoms with Crippen LogP contribution >= 0.6 is 0 Å². The van der Waals surface area contributed by atoms with Crippen molar-refractivity contribution in [2.24, 2.45) is 0 Å². The third-order valence-electron chi connectivity index (χ3n) is 17.0. The van der Waals surface area contributed by atoms with E-state index in [0.29, 0.717) is 87.8 Å². The van der Waals surface area contributed by atoms with Gasteiger partial charge in [-0.3, -0.25) is 19.2 Å². The minimum atomic E-state index is -0.103. The van der Waals surface area contributed by atoms with E-state index in [-0.39, 0.29) is 21.7 Å². The maximum absolute atomic E-state index is 14.0. The number of hydrogen-bond acceptors (Lipinski definition) is 8. The zero-order valence-corrected chi connectivity index (χ0v) is 54.0. The average Bonchev–Trinajstić information content (AvgIpc) is 0.775. The second-order valence-electron chi connectivity index (χ2n) is 22.5. The maximum atomic E-state index is 14.0. The van der Waals surface area contributed by atoms with E-state index in [1.165, 1.54) is 0 Å². The summed E-state index contributed by atoms with van der Waals surface area (Å²) >= 11 is 0. The zero-order chi connectivity index (χ0) is 66.4. The molecule has 13 aromatic carbocycles. The Balaban J connectivity index is 0.000000162. The summed E-state index contributed by atoms with van der Waals surface area (Å²) in [5.41, 5.74) is 17.5. The molecule has 0 spiro atoms. The van der Waals surface area contributed by atoms with Crippen LogP contribution in [-0.2, 0) is 0 Å². The van der Waals surface area contributed by atoms with E-state index in [9.17, 15) is 19.2 Å². The Hall–Kier alpha value is -12.3. The number of para-hydroxylation sites is 1. The van der Waals surface area contributed by atoms with Crippen molar-refractivity contribution >= 4 is 87.8 Å². The van der Waals surface area contributed by atoms with Gasteiger partial charge in [0.25, 0.3) is 0 Å². The van der Waals surface area contributed by atoms with Crippen molar-refractivity contribution in [1.82, 2.24) is 0 Å². The molecular formula is C88H66O8. The summed E-state index contributed by atoms with van der Waals surface area (Å²) in [6, 6.07) is 93.8. The van der Waals surface area contributed by atoms with E-state index in [0.717, 1.165) is 77.9 Å². The molecule has 0 aliphatic rings. The van der Waals surface area contributed by atoms with E-state index >= 15 is 0 Å². The molecule has 17 aromatic rings. The summed E-state index contributed by atoms with van der Waals surface area (Å²) in [5, 5.41) is 4.10. The van der Waals surface area contributed by atoms with Crippen LogP contribution in [0, 0.1) is 0 Å². The molecule has 0 saturated carbocycles. The Morgan fingerprint density at radius 3 is 0.698 bits per heavy atom. The van der Waals surface area contributed by atoms with Gasteiger partial charge in [0.2, 0.25) is 21.7 Å². The van der Waals surface area contributed by atoms with Gasteiger partial charge in [0, 0.05) is 0 Å². The normalized spacial score (nSPS) is 11.0. The number of fused-ring (bicyclic) bond motifs is 8. The van der Waals surface area contributed by atoms with Crippen LogP contribution in [0.4, 0.5) is 0 Å². The van der Waals surface area contributed by atoms with Crippen LogP contribution in [0.3, 0.4) is 0 Å². The van der Waals surface area contributed by atoms with Gasteiger partial charge in [0.15, 0.2) is 0 Å². The molecule has 8 heteroatoms. The Kier molecular flexibility index (Phi) is 17.9. The second-order valence-corrected chi connectivity index (χ2v) is 22.5. The molecule has 0 bridgehead atoms. The minimum Gasteiger partial charge on any atom is -0.456 e. The second kappa shape index (κ2) is 27.5. The van der Waals surface area contributed by atoms with Crippen molar-refractivity contribution < 1.29 is 17.7 Å². The standard InChI is InChI=1S/C44H26O4.C38H22O4.3C2H6/c45-43-35-23-31(28-10-5-2-6-11-28)14-18-39(35)47-41-20-16-33(25-37(41)43)34-17-21-42-38(26-34)44(46)36-24-32(15-19-40(36)48-42)30-13-7-12-29(22-30)27-8-3-1-4-9-27;39-37-29-11-4-5-12-33(29)42-36-22-28(13-16-30(36)37)27-15-18-35-32(21-27)38(40)31-20-26(14-17-34(31)41-35)25-10-6-9-24(19-25)23-7-2-1-3-8-23;3*1-2/h1-26H;1-22H;3*1-2H3. The third kappa shape index (κ3) is 12.1. The highest BCUT2D eigenvalue weighted by Crippen LogP contribution is 2.35. The Morgan fingerprint density at radius 1 is 0.156 bits per heavy atom. The van der Waals surface area contributed by atoms with E-state index in [2.05, 4.69) is 60.7 Å². The van der Waals surface area contributed by atoms with Gasteiger partial charge in [0.1, 0.15) is 44.7 Å². The maximum Gasteiger partial charge on any atom is 0.200 e. The van der Waals surface area contributed by atoms with Gasteiger partial charge < -0.3 is 17.7 Å². The van der Waals surface area contributed by atoms with Gasteiger partial charge in [-0.25, -0.2) is 0 Å². The van der Waals surface area contributed by atoms with Crippen LogP contribution in [0.5, 0.6) is 0 Å². The molecule has 0 saturated heterocycles. The van der Waals surface area contributed by atoms with Crippen molar-refractivity contribution in [3.05, 3.63) is 332 Å². The van der Waals surface area contributed by atoms with Gasteiger partial charge in [0.05, 0.1) is 43.1 Å². The lowest BCUT2D eigenvalue weighted by atomic mass is 9.97. The van der Waals surface area contributed by atoms with Crippen LogP contribution in [0.2, 0.25) is 0 Å². The molecule has 0 aliphatic heterocycles. The van der Waals surface area contributed by atoms with Gasteiger partial charge in [-0.1, -0.05) is 224 Å². The third-order valence-corrected chi connectivity index (χ3v) is 17.0. The first-order valence-corrected chi connectivity index (χ1v) is 32.6. The predicted octanol–water partition coefficient (Wildman–Crippen LogP) is 23.2. The lowest BCUT2D eigenvalue weighted by Gasteiger charge is -2.09. The summed E-state index contributed by atoms with van der Waals surface area (Å²) in [6.07, 6.45) is 0. The molecule has 0 atom stereocenters. The molecule has 0 N–H and O–H groups in total. The molecule has 0 fully saturated rings. The molecule has 96 heavy (non-hydrogen) atoms. The summed E-state index contributed by atoms with van der Waals surface area (Å²) < 4.78 is 24.6. The molecule has 0 aliphatic carbocycles. The quantitative estimate of drug-likeness (QED) is 0.145. The molecular weight excluding hydrogens is 1180 g/mol. The smallest absolute Gasteiger partial charge is 0.200 e. The van der Waals surface area contributed by atoms with Gasteiger partial charge >= 0.3 is 0 Å². The van der Waals surface area contributed by atoms with Crippen molar-refractivity contribution in [2.45, 2.75) is 41.5 Å². The van der Waals surface area contributed by atoms with Crippen molar-refractivity contribution in [3.8, 4) is 77.9 Å². The van der Waals surface area contributed by atoms with Crippen molar-refractivity contribution in [3.63, 3.8) is 0 Å². The molecule has 8 nitrogen and oxygen atoms in total. The molecule has 17 rings (SSSR count).